The van der Waals surface area contributed by atoms with Crippen LogP contribution < -0.4 is 21.7 Å². The number of methoxy groups -OCH3 is 2. The summed E-state index contributed by atoms with van der Waals surface area (Å²) in [7, 11) is 6.46. The van der Waals surface area contributed by atoms with Gasteiger partial charge in [-0.3, -0.25) is 24.0 Å². The van der Waals surface area contributed by atoms with Gasteiger partial charge < -0.3 is 41.0 Å². The van der Waals surface area contributed by atoms with Crippen molar-refractivity contribution < 1.29 is 33.4 Å². The predicted octanol–water partition coefficient (Wildman–Crippen LogP) is 2.26. The van der Waals surface area contributed by atoms with E-state index in [1.165, 1.54) is 7.11 Å². The molecule has 1 unspecified atom stereocenters. The molecule has 1 heterocycles. The summed E-state index contributed by atoms with van der Waals surface area (Å²) in [6.07, 6.45) is 1.06. The number of ether oxygens (including phenoxy) is 2. The van der Waals surface area contributed by atoms with Gasteiger partial charge in [0.25, 0.3) is 0 Å². The summed E-state index contributed by atoms with van der Waals surface area (Å²) in [5.74, 6) is -2.67. The van der Waals surface area contributed by atoms with Gasteiger partial charge in [0.15, 0.2) is 0 Å². The first-order valence-electron chi connectivity index (χ1n) is 18.2. The predicted molar refractivity (Wildman–Crippen MR) is 197 cm³/mol. The van der Waals surface area contributed by atoms with E-state index in [9.17, 15) is 24.0 Å². The summed E-state index contributed by atoms with van der Waals surface area (Å²) in [6, 6.07) is 6.77. The van der Waals surface area contributed by atoms with Gasteiger partial charge in [0.05, 0.1) is 42.2 Å². The lowest BCUT2D eigenvalue weighted by atomic mass is 9.89. The molecule has 0 spiro atoms. The Morgan fingerprint density at radius 2 is 1.65 bits per heavy atom. The van der Waals surface area contributed by atoms with Crippen molar-refractivity contribution in [3.05, 3.63) is 35.9 Å². The fourth-order valence-electron chi connectivity index (χ4n) is 6.85. The molecular weight excluding hydrogens is 652 g/mol. The zero-order chi connectivity index (χ0) is 38.6. The number of hydrogen-bond donors (Lipinski definition) is 4. The lowest BCUT2D eigenvalue weighted by Gasteiger charge is -2.41. The Bertz CT molecular complexity index is 1310. The summed E-state index contributed by atoms with van der Waals surface area (Å²) in [5.41, 5.74) is 5.65. The van der Waals surface area contributed by atoms with Crippen molar-refractivity contribution in [2.75, 3.05) is 34.9 Å². The van der Waals surface area contributed by atoms with E-state index in [-0.39, 0.29) is 48.4 Å². The molecule has 8 atom stereocenters. The van der Waals surface area contributed by atoms with E-state index in [0.29, 0.717) is 13.0 Å². The Kier molecular flexibility index (Phi) is 17.0. The first-order chi connectivity index (χ1) is 23.9. The minimum atomic E-state index is -0.903. The maximum atomic E-state index is 14.1. The number of likely N-dealkylation sites (N-methyl/N-ethyl adjacent to an activating group) is 2. The molecule has 5 amide bonds. The Morgan fingerprint density at radius 1 is 1.02 bits per heavy atom. The highest BCUT2D eigenvalue weighted by Gasteiger charge is 2.43. The number of primary amides is 1. The molecule has 13 heteroatoms. The molecule has 0 radical (unpaired) electrons. The molecule has 0 aromatic heterocycles. The Morgan fingerprint density at radius 3 is 2.16 bits per heavy atom. The molecule has 2 rings (SSSR count). The topological polar surface area (TPSA) is 172 Å². The van der Waals surface area contributed by atoms with Crippen LogP contribution in [0.1, 0.15) is 79.7 Å². The monoisotopic (exact) mass is 716 g/mol. The smallest absolute Gasteiger partial charge is 0.245 e. The molecule has 0 bridgehead atoms. The van der Waals surface area contributed by atoms with Crippen LogP contribution in [-0.4, -0.2) is 116 Å². The van der Waals surface area contributed by atoms with E-state index in [2.05, 4.69) is 16.0 Å². The van der Waals surface area contributed by atoms with Crippen LogP contribution in [0.3, 0.4) is 0 Å². The first kappa shape index (κ1) is 43.6. The summed E-state index contributed by atoms with van der Waals surface area (Å²) in [6.45, 7) is 13.5. The summed E-state index contributed by atoms with van der Waals surface area (Å²) in [5, 5.41) is 8.72. The van der Waals surface area contributed by atoms with E-state index in [0.717, 1.165) is 18.4 Å². The number of benzene rings is 1. The van der Waals surface area contributed by atoms with Crippen LogP contribution in [0.2, 0.25) is 0 Å². The van der Waals surface area contributed by atoms with Crippen LogP contribution in [0.15, 0.2) is 30.3 Å². The van der Waals surface area contributed by atoms with E-state index >= 15 is 0 Å². The fourth-order valence-corrected chi connectivity index (χ4v) is 6.85. The fraction of sp³-hybridized carbons (Fsp3) is 0.711. The highest BCUT2D eigenvalue weighted by Crippen LogP contribution is 2.29. The number of likely N-dealkylation sites (tertiary alicyclic amines) is 1. The van der Waals surface area contributed by atoms with Crippen LogP contribution in [-0.2, 0) is 39.9 Å². The number of carbonyl (C=O) groups is 5. The third-order valence-corrected chi connectivity index (χ3v) is 10.6. The normalized spacial score (nSPS) is 19.0. The second kappa shape index (κ2) is 19.9. The summed E-state index contributed by atoms with van der Waals surface area (Å²) < 4.78 is 11.9. The van der Waals surface area contributed by atoms with Crippen LogP contribution in [0.4, 0.5) is 0 Å². The number of rotatable bonds is 20. The number of nitrogens with zero attached hydrogens (tertiary/aromatic N) is 2. The lowest BCUT2D eigenvalue weighted by molar-refractivity contribution is -0.148. The number of hydrogen-bond acceptors (Lipinski definition) is 8. The molecular formula is C38H64N6O7. The van der Waals surface area contributed by atoms with Crippen molar-refractivity contribution in [2.24, 2.45) is 23.5 Å². The van der Waals surface area contributed by atoms with Crippen molar-refractivity contribution in [3.8, 4) is 0 Å². The summed E-state index contributed by atoms with van der Waals surface area (Å²) in [4.78, 5) is 70.4. The second-order valence-corrected chi connectivity index (χ2v) is 14.8. The zero-order valence-electron chi connectivity index (χ0n) is 32.7. The SMILES string of the molecule is CC[C@H](C)[C@@H]([C@@H](CC(=O)N1CCC[C@H]1[C@H](OC)[C@@H](C)C(=O)N[C@@H](Cc1ccccc1)C(N)=O)OC)N(C)C(=O)C(NC(=O)C(C)(C)NC)C(C)C. The van der Waals surface area contributed by atoms with Crippen LogP contribution in [0.25, 0.3) is 0 Å². The standard InChI is InChI=1S/C38H64N6O7/c1-12-24(4)32(43(9)36(48)31(23(2)3)42-37(49)38(6,7)40-8)29(50-10)22-30(45)44-20-16-19-28(44)33(51-11)25(5)35(47)41-27(34(39)46)21-26-17-14-13-15-18-26/h13-15,17-18,23-25,27-29,31-33,40H,12,16,19-22H2,1-11H3,(H2,39,46)(H,41,47)(H,42,49)/t24-,25+,27-,28-,29+,31?,32-,33+/m0/s1. The minimum Gasteiger partial charge on any atom is -0.379 e. The summed E-state index contributed by atoms with van der Waals surface area (Å²) >= 11 is 0. The molecule has 288 valence electrons. The van der Waals surface area contributed by atoms with Crippen molar-refractivity contribution in [2.45, 2.75) is 122 Å². The largest absolute Gasteiger partial charge is 0.379 e. The quantitative estimate of drug-likeness (QED) is 0.159. The van der Waals surface area contributed by atoms with Crippen LogP contribution in [0, 0.1) is 17.8 Å². The van der Waals surface area contributed by atoms with Gasteiger partial charge in [-0.05, 0) is 51.1 Å². The molecule has 1 aliphatic heterocycles. The number of nitrogens with one attached hydrogen (secondary N) is 3. The molecule has 13 nitrogen and oxygen atoms in total. The molecule has 0 aliphatic carbocycles. The lowest BCUT2D eigenvalue weighted by Crippen LogP contribution is -2.61. The van der Waals surface area contributed by atoms with Crippen LogP contribution >= 0.6 is 0 Å². The van der Waals surface area contributed by atoms with Crippen molar-refractivity contribution in [1.29, 1.82) is 0 Å². The average Bonchev–Trinajstić information content (AvgIpc) is 3.59. The van der Waals surface area contributed by atoms with Gasteiger partial charge >= 0.3 is 0 Å². The number of amides is 5. The molecule has 1 fully saturated rings. The zero-order valence-corrected chi connectivity index (χ0v) is 32.7. The van der Waals surface area contributed by atoms with Gasteiger partial charge in [-0.15, -0.1) is 0 Å². The molecule has 51 heavy (non-hydrogen) atoms. The highest BCUT2D eigenvalue weighted by atomic mass is 16.5. The van der Waals surface area contributed by atoms with Gasteiger partial charge in [0.2, 0.25) is 29.5 Å². The van der Waals surface area contributed by atoms with Crippen molar-refractivity contribution in [1.82, 2.24) is 25.8 Å². The van der Waals surface area contributed by atoms with E-state index < -0.39 is 53.6 Å². The maximum absolute atomic E-state index is 14.1. The van der Waals surface area contributed by atoms with Gasteiger partial charge in [-0.1, -0.05) is 71.4 Å². The molecule has 5 N–H and O–H groups in total. The number of nitrogens with two attached hydrogens (primary N) is 1. The molecule has 1 aromatic rings. The third kappa shape index (κ3) is 11.5. The van der Waals surface area contributed by atoms with Crippen molar-refractivity contribution in [3.63, 3.8) is 0 Å². The Balaban J connectivity index is 2.26. The number of carbonyl (C=O) groups excluding carboxylic acids is 5. The van der Waals surface area contributed by atoms with E-state index in [4.69, 9.17) is 15.2 Å². The highest BCUT2D eigenvalue weighted by molar-refractivity contribution is 5.92. The minimum absolute atomic E-state index is 0.00293. The van der Waals surface area contributed by atoms with E-state index in [1.54, 1.807) is 51.8 Å². The van der Waals surface area contributed by atoms with Gasteiger partial charge in [-0.2, -0.15) is 0 Å². The molecule has 1 aliphatic rings. The second-order valence-electron chi connectivity index (χ2n) is 14.8. The molecule has 0 saturated carbocycles. The van der Waals surface area contributed by atoms with Crippen molar-refractivity contribution >= 4 is 29.5 Å². The Labute approximate surface area is 305 Å². The van der Waals surface area contributed by atoms with Crippen LogP contribution in [0.5, 0.6) is 0 Å². The average molecular weight is 717 g/mol. The van der Waals surface area contributed by atoms with Gasteiger partial charge in [0, 0.05) is 34.2 Å². The maximum Gasteiger partial charge on any atom is 0.245 e. The van der Waals surface area contributed by atoms with E-state index in [1.807, 2.05) is 58.0 Å². The molecule has 1 saturated heterocycles. The van der Waals surface area contributed by atoms with Gasteiger partial charge in [-0.25, -0.2) is 0 Å². The molecule has 1 aromatic carbocycles. The van der Waals surface area contributed by atoms with Gasteiger partial charge in [0.1, 0.15) is 12.1 Å². The Hall–Kier alpha value is -3.55. The third-order valence-electron chi connectivity index (χ3n) is 10.6. The first-order valence-corrected chi connectivity index (χ1v) is 18.2.